The van der Waals surface area contributed by atoms with Crippen LogP contribution >= 0.6 is 11.6 Å². The number of nitrogen functional groups attached to an aromatic ring is 1. The maximum absolute atomic E-state index is 12.4. The molecular weight excluding hydrogens is 272 g/mol. The molecule has 3 nitrogen and oxygen atoms in total. The first-order chi connectivity index (χ1) is 9.47. The average Bonchev–Trinajstić information content (AvgIpc) is 2.40. The molecule has 0 aliphatic rings. The van der Waals surface area contributed by atoms with Crippen LogP contribution in [0.5, 0.6) is 0 Å². The number of hydrogen-bond donors (Lipinski definition) is 1. The minimum atomic E-state index is -0.133. The van der Waals surface area contributed by atoms with Crippen molar-refractivity contribution >= 4 is 23.2 Å². The highest BCUT2D eigenvalue weighted by Crippen LogP contribution is 2.20. The van der Waals surface area contributed by atoms with E-state index in [1.165, 1.54) is 5.56 Å². The van der Waals surface area contributed by atoms with Crippen LogP contribution in [0, 0.1) is 6.92 Å². The number of nitrogens with zero attached hydrogens (tertiary/aromatic N) is 1. The van der Waals surface area contributed by atoms with Gasteiger partial charge in [-0.3, -0.25) is 4.79 Å². The van der Waals surface area contributed by atoms with E-state index < -0.39 is 0 Å². The van der Waals surface area contributed by atoms with E-state index in [1.54, 1.807) is 30.1 Å². The van der Waals surface area contributed by atoms with Crippen molar-refractivity contribution in [3.8, 4) is 0 Å². The van der Waals surface area contributed by atoms with Gasteiger partial charge in [0, 0.05) is 24.3 Å². The lowest BCUT2D eigenvalue weighted by atomic mass is 10.1. The van der Waals surface area contributed by atoms with Gasteiger partial charge < -0.3 is 10.6 Å². The zero-order valence-electron chi connectivity index (χ0n) is 11.6. The summed E-state index contributed by atoms with van der Waals surface area (Å²) in [5.74, 6) is -0.133. The van der Waals surface area contributed by atoms with E-state index in [9.17, 15) is 4.79 Å². The number of rotatable bonds is 3. The normalized spacial score (nSPS) is 10.3. The molecule has 0 unspecified atom stereocenters. The van der Waals surface area contributed by atoms with Crippen molar-refractivity contribution in [3.63, 3.8) is 0 Å². The average molecular weight is 289 g/mol. The van der Waals surface area contributed by atoms with Crippen LogP contribution in [0.1, 0.15) is 21.5 Å². The van der Waals surface area contributed by atoms with Crippen molar-refractivity contribution in [2.45, 2.75) is 13.5 Å². The Morgan fingerprint density at radius 2 is 2.00 bits per heavy atom. The minimum absolute atomic E-state index is 0.133. The van der Waals surface area contributed by atoms with Gasteiger partial charge in [0.05, 0.1) is 5.56 Å². The van der Waals surface area contributed by atoms with Crippen LogP contribution < -0.4 is 5.73 Å². The second kappa shape index (κ2) is 5.97. The van der Waals surface area contributed by atoms with E-state index in [0.29, 0.717) is 22.8 Å². The number of carbonyl (C=O) groups is 1. The summed E-state index contributed by atoms with van der Waals surface area (Å²) in [4.78, 5) is 14.0. The van der Waals surface area contributed by atoms with Crippen molar-refractivity contribution in [3.05, 3.63) is 64.2 Å². The van der Waals surface area contributed by atoms with E-state index in [-0.39, 0.29) is 5.91 Å². The number of nitrogens with two attached hydrogens (primary N) is 1. The van der Waals surface area contributed by atoms with E-state index >= 15 is 0 Å². The van der Waals surface area contributed by atoms with E-state index in [1.807, 2.05) is 25.1 Å². The Bertz CT molecular complexity index is 640. The third-order valence-corrected chi connectivity index (χ3v) is 3.33. The van der Waals surface area contributed by atoms with E-state index in [2.05, 4.69) is 6.07 Å². The van der Waals surface area contributed by atoms with Crippen LogP contribution in [0.15, 0.2) is 42.5 Å². The maximum atomic E-state index is 12.4. The largest absolute Gasteiger partial charge is 0.398 e. The zero-order valence-corrected chi connectivity index (χ0v) is 12.3. The van der Waals surface area contributed by atoms with Gasteiger partial charge in [-0.2, -0.15) is 0 Å². The molecule has 0 aliphatic heterocycles. The Morgan fingerprint density at radius 1 is 1.25 bits per heavy atom. The number of hydrogen-bond acceptors (Lipinski definition) is 2. The van der Waals surface area contributed by atoms with Crippen LogP contribution in [0.2, 0.25) is 5.02 Å². The lowest BCUT2D eigenvalue weighted by Crippen LogP contribution is -2.27. The SMILES string of the molecule is Cc1cccc(CN(C)C(=O)c2cc(Cl)ccc2N)c1. The summed E-state index contributed by atoms with van der Waals surface area (Å²) in [7, 11) is 1.75. The fourth-order valence-electron chi connectivity index (χ4n) is 2.08. The number of halogens is 1. The van der Waals surface area contributed by atoms with E-state index in [0.717, 1.165) is 5.56 Å². The summed E-state index contributed by atoms with van der Waals surface area (Å²) >= 11 is 5.92. The number of anilines is 1. The van der Waals surface area contributed by atoms with Crippen LogP contribution in [-0.4, -0.2) is 17.9 Å². The highest BCUT2D eigenvalue weighted by molar-refractivity contribution is 6.31. The molecule has 2 aromatic rings. The van der Waals surface area contributed by atoms with Crippen LogP contribution in [0.3, 0.4) is 0 Å². The standard InChI is InChI=1S/C16H17ClN2O/c1-11-4-3-5-12(8-11)10-19(2)16(20)14-9-13(17)6-7-15(14)18/h3-9H,10,18H2,1-2H3. The van der Waals surface area contributed by atoms with Crippen LogP contribution in [0.25, 0.3) is 0 Å². The highest BCUT2D eigenvalue weighted by Gasteiger charge is 2.15. The number of benzene rings is 2. The second-order valence-corrected chi connectivity index (χ2v) is 5.32. The molecule has 0 saturated carbocycles. The summed E-state index contributed by atoms with van der Waals surface area (Å²) in [6, 6.07) is 13.0. The summed E-state index contributed by atoms with van der Waals surface area (Å²) < 4.78 is 0. The Morgan fingerprint density at radius 3 is 2.70 bits per heavy atom. The fourth-order valence-corrected chi connectivity index (χ4v) is 2.25. The molecule has 0 atom stereocenters. The molecule has 0 radical (unpaired) electrons. The Kier molecular flexibility index (Phi) is 4.30. The zero-order chi connectivity index (χ0) is 14.7. The monoisotopic (exact) mass is 288 g/mol. The molecule has 0 aromatic heterocycles. The molecule has 0 heterocycles. The predicted octanol–water partition coefficient (Wildman–Crippen LogP) is 3.50. The molecule has 4 heteroatoms. The van der Waals surface area contributed by atoms with Crippen molar-refractivity contribution in [1.82, 2.24) is 4.90 Å². The molecule has 0 aliphatic carbocycles. The van der Waals surface area contributed by atoms with Gasteiger partial charge >= 0.3 is 0 Å². The lowest BCUT2D eigenvalue weighted by Gasteiger charge is -2.18. The molecule has 104 valence electrons. The maximum Gasteiger partial charge on any atom is 0.256 e. The van der Waals surface area contributed by atoms with Gasteiger partial charge in [-0.25, -0.2) is 0 Å². The summed E-state index contributed by atoms with van der Waals surface area (Å²) in [5, 5.41) is 0.506. The first-order valence-electron chi connectivity index (χ1n) is 6.33. The smallest absolute Gasteiger partial charge is 0.256 e. The van der Waals surface area contributed by atoms with Gasteiger partial charge in [0.25, 0.3) is 5.91 Å². The molecule has 2 N–H and O–H groups in total. The number of amides is 1. The van der Waals surface area contributed by atoms with Crippen molar-refractivity contribution < 1.29 is 4.79 Å². The third-order valence-electron chi connectivity index (χ3n) is 3.09. The third kappa shape index (κ3) is 3.31. The number of aryl methyl sites for hydroxylation is 1. The van der Waals surface area contributed by atoms with Gasteiger partial charge in [0.15, 0.2) is 0 Å². The van der Waals surface area contributed by atoms with Gasteiger partial charge in [-0.15, -0.1) is 0 Å². The number of carbonyl (C=O) groups excluding carboxylic acids is 1. The summed E-state index contributed by atoms with van der Waals surface area (Å²) in [6.45, 7) is 2.56. The second-order valence-electron chi connectivity index (χ2n) is 4.88. The Balaban J connectivity index is 2.18. The molecular formula is C16H17ClN2O. The van der Waals surface area contributed by atoms with E-state index in [4.69, 9.17) is 17.3 Å². The molecule has 0 saturated heterocycles. The molecule has 2 aromatic carbocycles. The van der Waals surface area contributed by atoms with Crippen molar-refractivity contribution in [1.29, 1.82) is 0 Å². The van der Waals surface area contributed by atoms with Gasteiger partial charge in [-0.1, -0.05) is 41.4 Å². The molecule has 20 heavy (non-hydrogen) atoms. The van der Waals surface area contributed by atoms with Gasteiger partial charge in [0.1, 0.15) is 0 Å². The quantitative estimate of drug-likeness (QED) is 0.879. The lowest BCUT2D eigenvalue weighted by molar-refractivity contribution is 0.0786. The van der Waals surface area contributed by atoms with Crippen LogP contribution in [0.4, 0.5) is 5.69 Å². The molecule has 0 spiro atoms. The molecule has 0 fully saturated rings. The van der Waals surface area contributed by atoms with Crippen molar-refractivity contribution in [2.24, 2.45) is 0 Å². The predicted molar refractivity (Wildman–Crippen MR) is 82.8 cm³/mol. The molecule has 2 rings (SSSR count). The van der Waals surface area contributed by atoms with Crippen LogP contribution in [-0.2, 0) is 6.54 Å². The highest BCUT2D eigenvalue weighted by atomic mass is 35.5. The minimum Gasteiger partial charge on any atom is -0.398 e. The van der Waals surface area contributed by atoms with Gasteiger partial charge in [0.2, 0.25) is 0 Å². The molecule has 0 bridgehead atoms. The Labute approximate surface area is 124 Å². The first kappa shape index (κ1) is 14.4. The fraction of sp³-hybridized carbons (Fsp3) is 0.188. The summed E-state index contributed by atoms with van der Waals surface area (Å²) in [5.41, 5.74) is 8.97. The van der Waals surface area contributed by atoms with Gasteiger partial charge in [-0.05, 0) is 30.7 Å². The topological polar surface area (TPSA) is 46.3 Å². The summed E-state index contributed by atoms with van der Waals surface area (Å²) in [6.07, 6.45) is 0. The Hall–Kier alpha value is -2.00. The molecule has 1 amide bonds. The van der Waals surface area contributed by atoms with Crippen molar-refractivity contribution in [2.75, 3.05) is 12.8 Å². The first-order valence-corrected chi connectivity index (χ1v) is 6.71.